The summed E-state index contributed by atoms with van der Waals surface area (Å²) in [6.07, 6.45) is 0. The maximum atomic E-state index is 5.28. The molecular formula is C51H33N5. The number of para-hydroxylation sites is 2. The van der Waals surface area contributed by atoms with E-state index in [9.17, 15) is 0 Å². The highest BCUT2D eigenvalue weighted by Gasteiger charge is 2.22. The molecule has 0 bridgehead atoms. The van der Waals surface area contributed by atoms with Crippen LogP contribution in [0.25, 0.3) is 100 Å². The van der Waals surface area contributed by atoms with Gasteiger partial charge in [-0.15, -0.1) is 0 Å². The number of hydrogen-bond acceptors (Lipinski definition) is 3. The van der Waals surface area contributed by atoms with Crippen LogP contribution in [-0.2, 0) is 0 Å². The van der Waals surface area contributed by atoms with Gasteiger partial charge in [0.1, 0.15) is 0 Å². The molecule has 0 radical (unpaired) electrons. The molecule has 0 aliphatic heterocycles. The Balaban J connectivity index is 1.18. The molecule has 0 aliphatic carbocycles. The third-order valence-electron chi connectivity index (χ3n) is 10.8. The van der Waals surface area contributed by atoms with Crippen LogP contribution in [0.5, 0.6) is 0 Å². The molecule has 262 valence electrons. The summed E-state index contributed by atoms with van der Waals surface area (Å²) < 4.78 is 4.61. The number of fused-ring (bicyclic) bond motifs is 7. The molecule has 8 aromatic carbocycles. The Kier molecular flexibility index (Phi) is 7.42. The normalized spacial score (nSPS) is 11.6. The molecule has 5 heteroatoms. The smallest absolute Gasteiger partial charge is 0.238 e. The van der Waals surface area contributed by atoms with Crippen LogP contribution in [-0.4, -0.2) is 24.1 Å². The molecule has 5 nitrogen and oxygen atoms in total. The van der Waals surface area contributed by atoms with E-state index in [2.05, 4.69) is 185 Å². The standard InChI is InChI=1S/C51H33N5/c1-4-16-34(17-5-1)37-22-14-24-39(32-37)50-52-49(36-20-8-3-9-21-36)53-51(54-50)56-44-29-13-11-27-42(44)48-46(56)31-30-45-47(48)41-26-10-12-28-43(41)55(45)40-25-15-23-38(33-40)35-18-6-2-7-19-35/h1-33H. The molecule has 0 amide bonds. The minimum atomic E-state index is 0.573. The Bertz CT molecular complexity index is 3240. The highest BCUT2D eigenvalue weighted by molar-refractivity contribution is 6.28. The summed E-state index contributed by atoms with van der Waals surface area (Å²) >= 11 is 0. The third kappa shape index (κ3) is 5.21. The van der Waals surface area contributed by atoms with Crippen molar-refractivity contribution in [3.05, 3.63) is 200 Å². The maximum Gasteiger partial charge on any atom is 0.238 e. The summed E-state index contributed by atoms with van der Waals surface area (Å²) in [5.74, 6) is 1.81. The van der Waals surface area contributed by atoms with E-state index >= 15 is 0 Å². The van der Waals surface area contributed by atoms with Crippen molar-refractivity contribution in [2.75, 3.05) is 0 Å². The van der Waals surface area contributed by atoms with Crippen molar-refractivity contribution < 1.29 is 0 Å². The summed E-state index contributed by atoms with van der Waals surface area (Å²) in [4.78, 5) is 15.6. The number of rotatable bonds is 6. The molecule has 3 heterocycles. The van der Waals surface area contributed by atoms with Gasteiger partial charge in [0.15, 0.2) is 11.6 Å². The van der Waals surface area contributed by atoms with E-state index in [1.54, 1.807) is 0 Å². The molecule has 0 aliphatic rings. The molecule has 0 N–H and O–H groups in total. The first-order valence-corrected chi connectivity index (χ1v) is 18.9. The van der Waals surface area contributed by atoms with Crippen LogP contribution in [0.15, 0.2) is 200 Å². The van der Waals surface area contributed by atoms with Crippen LogP contribution in [0.4, 0.5) is 0 Å². The van der Waals surface area contributed by atoms with Gasteiger partial charge < -0.3 is 4.57 Å². The van der Waals surface area contributed by atoms with E-state index < -0.39 is 0 Å². The number of benzene rings is 8. The average molecular weight is 716 g/mol. The first kappa shape index (κ1) is 31.9. The Morgan fingerprint density at radius 3 is 1.36 bits per heavy atom. The molecule has 0 spiro atoms. The Labute approximate surface area is 323 Å². The first-order chi connectivity index (χ1) is 27.8. The van der Waals surface area contributed by atoms with E-state index in [1.807, 2.05) is 24.3 Å². The quantitative estimate of drug-likeness (QED) is 0.172. The molecule has 0 unspecified atom stereocenters. The molecule has 3 aromatic heterocycles. The monoisotopic (exact) mass is 715 g/mol. The zero-order chi connectivity index (χ0) is 37.0. The van der Waals surface area contributed by atoms with Gasteiger partial charge in [-0.3, -0.25) is 4.57 Å². The zero-order valence-corrected chi connectivity index (χ0v) is 30.3. The summed E-state index contributed by atoms with van der Waals surface area (Å²) in [5, 5.41) is 4.70. The van der Waals surface area contributed by atoms with Crippen LogP contribution in [0.3, 0.4) is 0 Å². The van der Waals surface area contributed by atoms with Crippen LogP contribution in [0.1, 0.15) is 0 Å². The van der Waals surface area contributed by atoms with Crippen molar-refractivity contribution in [1.82, 2.24) is 24.1 Å². The molecule has 56 heavy (non-hydrogen) atoms. The second-order valence-electron chi connectivity index (χ2n) is 14.1. The Morgan fingerprint density at radius 1 is 0.286 bits per heavy atom. The van der Waals surface area contributed by atoms with Crippen molar-refractivity contribution in [3.63, 3.8) is 0 Å². The molecule has 0 saturated heterocycles. The van der Waals surface area contributed by atoms with Gasteiger partial charge in [-0.05, 0) is 64.7 Å². The third-order valence-corrected chi connectivity index (χ3v) is 10.8. The first-order valence-electron chi connectivity index (χ1n) is 18.9. The van der Waals surface area contributed by atoms with Gasteiger partial charge in [-0.1, -0.05) is 158 Å². The lowest BCUT2D eigenvalue weighted by atomic mass is 10.0. The van der Waals surface area contributed by atoms with Gasteiger partial charge in [0.2, 0.25) is 5.95 Å². The lowest BCUT2D eigenvalue weighted by molar-refractivity contribution is 0.953. The fourth-order valence-electron chi connectivity index (χ4n) is 8.25. The van der Waals surface area contributed by atoms with Crippen molar-refractivity contribution >= 4 is 43.6 Å². The van der Waals surface area contributed by atoms with E-state index in [4.69, 9.17) is 15.0 Å². The molecule has 11 aromatic rings. The van der Waals surface area contributed by atoms with Crippen molar-refractivity contribution in [2.24, 2.45) is 0 Å². The lowest BCUT2D eigenvalue weighted by Crippen LogP contribution is -2.06. The van der Waals surface area contributed by atoms with E-state index in [0.717, 1.165) is 55.4 Å². The minimum Gasteiger partial charge on any atom is -0.309 e. The van der Waals surface area contributed by atoms with Gasteiger partial charge in [0.25, 0.3) is 0 Å². The zero-order valence-electron chi connectivity index (χ0n) is 30.3. The summed E-state index contributed by atoms with van der Waals surface area (Å²) in [6.45, 7) is 0. The van der Waals surface area contributed by atoms with Gasteiger partial charge in [0, 0.05) is 38.4 Å². The molecule has 11 rings (SSSR count). The van der Waals surface area contributed by atoms with Crippen LogP contribution in [0, 0.1) is 0 Å². The predicted molar refractivity (Wildman–Crippen MR) is 230 cm³/mol. The van der Waals surface area contributed by atoms with Gasteiger partial charge in [-0.2, -0.15) is 9.97 Å². The number of nitrogens with zero attached hydrogens (tertiary/aromatic N) is 5. The van der Waals surface area contributed by atoms with Gasteiger partial charge in [-0.25, -0.2) is 4.98 Å². The van der Waals surface area contributed by atoms with Crippen LogP contribution in [0.2, 0.25) is 0 Å². The van der Waals surface area contributed by atoms with Gasteiger partial charge >= 0.3 is 0 Å². The van der Waals surface area contributed by atoms with E-state index in [0.29, 0.717) is 17.6 Å². The summed E-state index contributed by atoms with van der Waals surface area (Å²) in [7, 11) is 0. The SMILES string of the molecule is c1ccc(-c2cccc(-c3nc(-c4ccccc4)nc(-n4c5ccccc5c5c6c7ccccc7n(-c7cccc(-c8ccccc8)c7)c6ccc54)n3)c2)cc1. The highest BCUT2D eigenvalue weighted by Crippen LogP contribution is 2.42. The lowest BCUT2D eigenvalue weighted by Gasteiger charge is -2.12. The van der Waals surface area contributed by atoms with E-state index in [-0.39, 0.29) is 0 Å². The second kappa shape index (κ2) is 13.0. The van der Waals surface area contributed by atoms with Gasteiger partial charge in [0.05, 0.1) is 22.1 Å². The fraction of sp³-hybridized carbons (Fsp3) is 0. The number of hydrogen-bond donors (Lipinski definition) is 0. The predicted octanol–water partition coefficient (Wildman–Crippen LogP) is 12.7. The van der Waals surface area contributed by atoms with Crippen LogP contribution < -0.4 is 0 Å². The highest BCUT2D eigenvalue weighted by atomic mass is 15.2. The second-order valence-corrected chi connectivity index (χ2v) is 14.1. The Hall–Kier alpha value is -7.63. The molecule has 0 atom stereocenters. The topological polar surface area (TPSA) is 48.5 Å². The average Bonchev–Trinajstić information content (AvgIpc) is 3.80. The molecule has 0 saturated carbocycles. The maximum absolute atomic E-state index is 5.28. The minimum absolute atomic E-state index is 0.573. The van der Waals surface area contributed by atoms with Crippen molar-refractivity contribution in [2.45, 2.75) is 0 Å². The summed E-state index contributed by atoms with van der Waals surface area (Å²) in [5.41, 5.74) is 12.0. The number of aromatic nitrogens is 5. The van der Waals surface area contributed by atoms with Crippen LogP contribution >= 0.6 is 0 Å². The largest absolute Gasteiger partial charge is 0.309 e. The fourth-order valence-corrected chi connectivity index (χ4v) is 8.25. The van der Waals surface area contributed by atoms with Crippen molar-refractivity contribution in [1.29, 1.82) is 0 Å². The Morgan fingerprint density at radius 2 is 0.732 bits per heavy atom. The van der Waals surface area contributed by atoms with Crippen molar-refractivity contribution in [3.8, 4) is 56.7 Å². The molecular weight excluding hydrogens is 683 g/mol. The van der Waals surface area contributed by atoms with E-state index in [1.165, 1.54) is 27.3 Å². The molecule has 0 fully saturated rings. The summed E-state index contributed by atoms with van der Waals surface area (Å²) in [6, 6.07) is 70.3.